The number of carbonyl (C=O) groups excluding carboxylic acids is 1. The standard InChI is InChI=1S/C19H25FN6O/c1-2-17(27)23-14-3-5-15(6-4-14)24-19-22-12-16(20)18(25-19)26-9-7-13(11-21)8-10-26/h3-6,12-13H,2,7-11,21H2,1H3,(H,23,27)(H,22,24,25). The Morgan fingerprint density at radius 3 is 2.56 bits per heavy atom. The van der Waals surface area contributed by atoms with Crippen LogP contribution in [-0.4, -0.2) is 35.5 Å². The number of hydrogen-bond acceptors (Lipinski definition) is 6. The molecular weight excluding hydrogens is 347 g/mol. The Labute approximate surface area is 158 Å². The lowest BCUT2D eigenvalue weighted by Crippen LogP contribution is -2.37. The number of carbonyl (C=O) groups is 1. The second kappa shape index (κ2) is 8.77. The van der Waals surface area contributed by atoms with E-state index in [1.165, 1.54) is 6.20 Å². The molecule has 4 N–H and O–H groups in total. The molecule has 144 valence electrons. The van der Waals surface area contributed by atoms with Crippen molar-refractivity contribution < 1.29 is 9.18 Å². The molecule has 3 rings (SSSR count). The van der Waals surface area contributed by atoms with E-state index in [1.807, 2.05) is 17.0 Å². The van der Waals surface area contributed by atoms with E-state index in [2.05, 4.69) is 20.6 Å². The first-order valence-electron chi connectivity index (χ1n) is 9.23. The lowest BCUT2D eigenvalue weighted by Gasteiger charge is -2.32. The average molecular weight is 372 g/mol. The van der Waals surface area contributed by atoms with Crippen LogP contribution in [0.5, 0.6) is 0 Å². The number of aromatic nitrogens is 2. The number of nitrogens with one attached hydrogen (secondary N) is 2. The van der Waals surface area contributed by atoms with Crippen LogP contribution in [0, 0.1) is 11.7 Å². The minimum Gasteiger partial charge on any atom is -0.354 e. The molecule has 0 bridgehead atoms. The molecule has 1 aliphatic heterocycles. The second-order valence-electron chi connectivity index (χ2n) is 6.64. The fraction of sp³-hybridized carbons (Fsp3) is 0.421. The van der Waals surface area contributed by atoms with E-state index in [0.717, 1.165) is 37.3 Å². The van der Waals surface area contributed by atoms with Gasteiger partial charge in [-0.2, -0.15) is 4.98 Å². The molecule has 1 fully saturated rings. The summed E-state index contributed by atoms with van der Waals surface area (Å²) >= 11 is 0. The van der Waals surface area contributed by atoms with Crippen molar-refractivity contribution in [1.82, 2.24) is 9.97 Å². The predicted molar refractivity (Wildman–Crippen MR) is 105 cm³/mol. The van der Waals surface area contributed by atoms with Gasteiger partial charge in [0, 0.05) is 30.9 Å². The summed E-state index contributed by atoms with van der Waals surface area (Å²) in [4.78, 5) is 21.7. The van der Waals surface area contributed by atoms with Gasteiger partial charge >= 0.3 is 0 Å². The van der Waals surface area contributed by atoms with E-state index < -0.39 is 5.82 Å². The van der Waals surface area contributed by atoms with Gasteiger partial charge in [0.15, 0.2) is 11.6 Å². The molecule has 27 heavy (non-hydrogen) atoms. The van der Waals surface area contributed by atoms with E-state index in [4.69, 9.17) is 5.73 Å². The number of halogens is 1. The lowest BCUT2D eigenvalue weighted by atomic mass is 9.97. The van der Waals surface area contributed by atoms with Gasteiger partial charge in [-0.15, -0.1) is 0 Å². The highest BCUT2D eigenvalue weighted by Gasteiger charge is 2.22. The molecule has 1 saturated heterocycles. The summed E-state index contributed by atoms with van der Waals surface area (Å²) in [7, 11) is 0. The van der Waals surface area contributed by atoms with E-state index in [9.17, 15) is 9.18 Å². The van der Waals surface area contributed by atoms with Gasteiger partial charge in [-0.25, -0.2) is 9.37 Å². The molecular formula is C19H25FN6O. The summed E-state index contributed by atoms with van der Waals surface area (Å²) in [5, 5.41) is 5.86. The third-order valence-corrected chi connectivity index (χ3v) is 4.72. The smallest absolute Gasteiger partial charge is 0.229 e. The number of amides is 1. The Bertz CT molecular complexity index is 774. The predicted octanol–water partition coefficient (Wildman–Crippen LogP) is 2.88. The number of hydrogen-bond donors (Lipinski definition) is 3. The summed E-state index contributed by atoms with van der Waals surface area (Å²) < 4.78 is 14.2. The van der Waals surface area contributed by atoms with Crippen molar-refractivity contribution in [2.45, 2.75) is 26.2 Å². The number of benzene rings is 1. The third-order valence-electron chi connectivity index (χ3n) is 4.72. The van der Waals surface area contributed by atoms with Crippen LogP contribution in [0.1, 0.15) is 26.2 Å². The third kappa shape index (κ3) is 4.91. The van der Waals surface area contributed by atoms with E-state index >= 15 is 0 Å². The van der Waals surface area contributed by atoms with Gasteiger partial charge in [0.05, 0.1) is 6.20 Å². The topological polar surface area (TPSA) is 96.2 Å². The minimum absolute atomic E-state index is 0.0411. The van der Waals surface area contributed by atoms with Crippen molar-refractivity contribution in [2.24, 2.45) is 11.7 Å². The maximum atomic E-state index is 14.2. The van der Waals surface area contributed by atoms with Crippen LogP contribution >= 0.6 is 0 Å². The second-order valence-corrected chi connectivity index (χ2v) is 6.64. The zero-order valence-corrected chi connectivity index (χ0v) is 15.4. The van der Waals surface area contributed by atoms with Gasteiger partial charge in [0.2, 0.25) is 11.9 Å². The van der Waals surface area contributed by atoms with Crippen LogP contribution in [0.25, 0.3) is 0 Å². The number of nitrogens with two attached hydrogens (primary N) is 1. The molecule has 7 nitrogen and oxygen atoms in total. The Kier molecular flexibility index (Phi) is 6.18. The van der Waals surface area contributed by atoms with Crippen molar-refractivity contribution >= 4 is 29.0 Å². The summed E-state index contributed by atoms with van der Waals surface area (Å²) in [6.07, 6.45) is 3.49. The van der Waals surface area contributed by atoms with Gasteiger partial charge in [0.1, 0.15) is 0 Å². The van der Waals surface area contributed by atoms with Crippen molar-refractivity contribution in [3.05, 3.63) is 36.3 Å². The summed E-state index contributed by atoms with van der Waals surface area (Å²) in [5.41, 5.74) is 7.19. The Morgan fingerprint density at radius 2 is 1.93 bits per heavy atom. The lowest BCUT2D eigenvalue weighted by molar-refractivity contribution is -0.115. The highest BCUT2D eigenvalue weighted by atomic mass is 19.1. The quantitative estimate of drug-likeness (QED) is 0.722. The first kappa shape index (κ1) is 19.0. The van der Waals surface area contributed by atoms with Gasteiger partial charge in [-0.1, -0.05) is 6.92 Å². The van der Waals surface area contributed by atoms with Crippen LogP contribution in [-0.2, 0) is 4.79 Å². The van der Waals surface area contributed by atoms with Gasteiger partial charge in [-0.3, -0.25) is 4.79 Å². The van der Waals surface area contributed by atoms with Crippen LogP contribution in [0.15, 0.2) is 30.5 Å². The normalized spacial score (nSPS) is 14.9. The molecule has 2 aromatic rings. The molecule has 8 heteroatoms. The van der Waals surface area contributed by atoms with Gasteiger partial charge in [0.25, 0.3) is 0 Å². The SMILES string of the molecule is CCC(=O)Nc1ccc(Nc2ncc(F)c(N3CCC(CN)CC3)n2)cc1. The van der Waals surface area contributed by atoms with E-state index in [-0.39, 0.29) is 5.91 Å². The average Bonchev–Trinajstić information content (AvgIpc) is 2.71. The fourth-order valence-electron chi connectivity index (χ4n) is 3.04. The van der Waals surface area contributed by atoms with Crippen molar-refractivity contribution in [3.8, 4) is 0 Å². The monoisotopic (exact) mass is 372 g/mol. The molecule has 1 aliphatic rings. The molecule has 2 heterocycles. The number of rotatable bonds is 6. The number of anilines is 4. The van der Waals surface area contributed by atoms with Crippen LogP contribution in [0.4, 0.5) is 27.5 Å². The molecule has 0 unspecified atom stereocenters. The summed E-state index contributed by atoms with van der Waals surface area (Å²) in [6, 6.07) is 7.20. The molecule has 0 aliphatic carbocycles. The van der Waals surface area contributed by atoms with Crippen molar-refractivity contribution in [2.75, 3.05) is 35.2 Å². The Morgan fingerprint density at radius 1 is 1.26 bits per heavy atom. The molecule has 1 aromatic carbocycles. The van der Waals surface area contributed by atoms with Crippen molar-refractivity contribution in [1.29, 1.82) is 0 Å². The molecule has 1 aromatic heterocycles. The van der Waals surface area contributed by atoms with E-state index in [0.29, 0.717) is 30.6 Å². The maximum Gasteiger partial charge on any atom is 0.229 e. The molecule has 0 atom stereocenters. The van der Waals surface area contributed by atoms with E-state index in [1.54, 1.807) is 19.1 Å². The molecule has 0 spiro atoms. The van der Waals surface area contributed by atoms with Gasteiger partial charge < -0.3 is 21.3 Å². The zero-order valence-electron chi connectivity index (χ0n) is 15.4. The van der Waals surface area contributed by atoms with Crippen molar-refractivity contribution in [3.63, 3.8) is 0 Å². The molecule has 0 saturated carbocycles. The Hall–Kier alpha value is -2.74. The largest absolute Gasteiger partial charge is 0.354 e. The summed E-state index contributed by atoms with van der Waals surface area (Å²) in [5.74, 6) is 0.674. The van der Waals surface area contributed by atoms with Crippen LogP contribution < -0.4 is 21.3 Å². The first-order valence-corrected chi connectivity index (χ1v) is 9.23. The molecule has 0 radical (unpaired) electrons. The van der Waals surface area contributed by atoms with Crippen LogP contribution in [0.3, 0.4) is 0 Å². The van der Waals surface area contributed by atoms with Gasteiger partial charge in [-0.05, 0) is 49.6 Å². The minimum atomic E-state index is -0.427. The van der Waals surface area contributed by atoms with Crippen LogP contribution in [0.2, 0.25) is 0 Å². The fourth-order valence-corrected chi connectivity index (χ4v) is 3.04. The zero-order chi connectivity index (χ0) is 19.2. The number of nitrogens with zero attached hydrogens (tertiary/aromatic N) is 3. The Balaban J connectivity index is 1.68. The first-order chi connectivity index (χ1) is 13.1. The highest BCUT2D eigenvalue weighted by molar-refractivity contribution is 5.90. The molecule has 1 amide bonds. The number of piperidine rings is 1. The summed E-state index contributed by atoms with van der Waals surface area (Å²) in [6.45, 7) is 3.94. The maximum absolute atomic E-state index is 14.2. The highest BCUT2D eigenvalue weighted by Crippen LogP contribution is 2.25.